The molecule has 0 saturated heterocycles. The summed E-state index contributed by atoms with van der Waals surface area (Å²) in [7, 11) is 0. The van der Waals surface area contributed by atoms with Crippen LogP contribution in [-0.4, -0.2) is 35.4 Å². The van der Waals surface area contributed by atoms with Gasteiger partial charge in [-0.1, -0.05) is 0 Å². The molecule has 0 radical (unpaired) electrons. The largest absolute Gasteiger partial charge is 0.489 e. The molecular formula is C11H13F2NO4. The highest BCUT2D eigenvalue weighted by Gasteiger charge is 2.18. The van der Waals surface area contributed by atoms with Gasteiger partial charge in [0.05, 0.1) is 24.9 Å². The zero-order valence-corrected chi connectivity index (χ0v) is 9.40. The zero-order valence-electron chi connectivity index (χ0n) is 9.40. The van der Waals surface area contributed by atoms with Crippen LogP contribution in [0.25, 0.3) is 0 Å². The van der Waals surface area contributed by atoms with Crippen molar-refractivity contribution in [1.82, 2.24) is 0 Å². The van der Waals surface area contributed by atoms with Gasteiger partial charge in [0.15, 0.2) is 11.6 Å². The van der Waals surface area contributed by atoms with E-state index in [0.717, 1.165) is 12.1 Å². The molecule has 0 saturated carbocycles. The van der Waals surface area contributed by atoms with Crippen LogP contribution in [0.4, 0.5) is 8.78 Å². The van der Waals surface area contributed by atoms with E-state index in [9.17, 15) is 13.6 Å². The fourth-order valence-electron chi connectivity index (χ4n) is 1.26. The molecule has 0 aliphatic heterocycles. The van der Waals surface area contributed by atoms with Crippen LogP contribution in [0.5, 0.6) is 5.75 Å². The van der Waals surface area contributed by atoms with Gasteiger partial charge in [0, 0.05) is 6.42 Å². The van der Waals surface area contributed by atoms with Gasteiger partial charge in [-0.15, -0.1) is 0 Å². The van der Waals surface area contributed by atoms with Gasteiger partial charge in [0.25, 0.3) is 5.91 Å². The second kappa shape index (κ2) is 6.27. The van der Waals surface area contributed by atoms with Crippen LogP contribution in [0.2, 0.25) is 0 Å². The predicted molar refractivity (Wildman–Crippen MR) is 58.1 cm³/mol. The van der Waals surface area contributed by atoms with Crippen LogP contribution in [0.1, 0.15) is 16.8 Å². The highest BCUT2D eigenvalue weighted by molar-refractivity contribution is 5.95. The summed E-state index contributed by atoms with van der Waals surface area (Å²) in [6, 6.07) is 1.78. The first-order valence-electron chi connectivity index (χ1n) is 5.17. The Kier molecular flexibility index (Phi) is 4.99. The molecule has 100 valence electrons. The van der Waals surface area contributed by atoms with Gasteiger partial charge < -0.3 is 20.7 Å². The average Bonchev–Trinajstić information content (AvgIpc) is 2.33. The van der Waals surface area contributed by atoms with Crippen LogP contribution in [0.3, 0.4) is 0 Å². The third kappa shape index (κ3) is 3.38. The van der Waals surface area contributed by atoms with E-state index in [1.165, 1.54) is 0 Å². The lowest BCUT2D eigenvalue weighted by Crippen LogP contribution is -2.18. The van der Waals surface area contributed by atoms with Crippen molar-refractivity contribution in [2.24, 2.45) is 5.73 Å². The van der Waals surface area contributed by atoms with Crippen molar-refractivity contribution in [2.45, 2.75) is 12.5 Å². The zero-order chi connectivity index (χ0) is 13.7. The van der Waals surface area contributed by atoms with Crippen molar-refractivity contribution in [2.75, 3.05) is 13.2 Å². The predicted octanol–water partition coefficient (Wildman–Crippen LogP) is 0.186. The molecule has 0 aliphatic rings. The second-order valence-electron chi connectivity index (χ2n) is 3.58. The van der Waals surface area contributed by atoms with Gasteiger partial charge in [0.2, 0.25) is 5.82 Å². The van der Waals surface area contributed by atoms with Gasteiger partial charge in [-0.25, -0.2) is 4.39 Å². The van der Waals surface area contributed by atoms with E-state index in [2.05, 4.69) is 0 Å². The number of hydrogen-bond donors (Lipinski definition) is 3. The molecule has 1 aromatic rings. The first kappa shape index (κ1) is 14.3. The maximum atomic E-state index is 13.4. The Hall–Kier alpha value is -1.73. The number of carbonyl (C=O) groups excluding carboxylic acids is 1. The van der Waals surface area contributed by atoms with Crippen molar-refractivity contribution in [3.05, 3.63) is 29.3 Å². The molecule has 1 atom stereocenters. The molecule has 0 heterocycles. The highest BCUT2D eigenvalue weighted by Crippen LogP contribution is 2.25. The molecule has 1 rings (SSSR count). The summed E-state index contributed by atoms with van der Waals surface area (Å²) in [6.45, 7) is -0.667. The number of aliphatic hydroxyl groups excluding tert-OH is 2. The molecule has 1 aromatic carbocycles. The van der Waals surface area contributed by atoms with Crippen LogP contribution in [0, 0.1) is 11.6 Å². The van der Waals surface area contributed by atoms with Crippen molar-refractivity contribution < 1.29 is 28.5 Å². The highest BCUT2D eigenvalue weighted by atomic mass is 19.2. The Morgan fingerprint density at radius 2 is 2.11 bits per heavy atom. The van der Waals surface area contributed by atoms with Gasteiger partial charge in [-0.05, 0) is 12.1 Å². The van der Waals surface area contributed by atoms with E-state index >= 15 is 0 Å². The minimum absolute atomic E-state index is 0.00462. The number of ether oxygens (including phenoxy) is 1. The maximum absolute atomic E-state index is 13.4. The van der Waals surface area contributed by atoms with Crippen molar-refractivity contribution >= 4 is 5.91 Å². The SMILES string of the molecule is NC(=O)c1ccc(F)c(F)c1OCCC(O)CO. The first-order valence-corrected chi connectivity index (χ1v) is 5.17. The Labute approximate surface area is 102 Å². The number of halogens is 2. The first-order chi connectivity index (χ1) is 8.47. The van der Waals surface area contributed by atoms with E-state index in [4.69, 9.17) is 20.7 Å². The van der Waals surface area contributed by atoms with E-state index in [0.29, 0.717) is 0 Å². The molecule has 0 bridgehead atoms. The quantitative estimate of drug-likeness (QED) is 0.681. The van der Waals surface area contributed by atoms with E-state index in [1.807, 2.05) is 0 Å². The Bertz CT molecular complexity index is 439. The van der Waals surface area contributed by atoms with Crippen LogP contribution in [-0.2, 0) is 0 Å². The molecular weight excluding hydrogens is 248 g/mol. The maximum Gasteiger partial charge on any atom is 0.252 e. The van der Waals surface area contributed by atoms with Gasteiger partial charge in [-0.3, -0.25) is 4.79 Å². The summed E-state index contributed by atoms with van der Waals surface area (Å²) in [5.74, 6) is -4.03. The smallest absolute Gasteiger partial charge is 0.252 e. The number of nitrogens with two attached hydrogens (primary N) is 1. The number of amides is 1. The average molecular weight is 261 g/mol. The second-order valence-corrected chi connectivity index (χ2v) is 3.58. The van der Waals surface area contributed by atoms with Gasteiger partial charge in [-0.2, -0.15) is 4.39 Å². The van der Waals surface area contributed by atoms with Crippen LogP contribution in [0.15, 0.2) is 12.1 Å². The lowest BCUT2D eigenvalue weighted by molar-refractivity contribution is 0.0744. The Morgan fingerprint density at radius 1 is 1.44 bits per heavy atom. The minimum Gasteiger partial charge on any atom is -0.489 e. The summed E-state index contributed by atoms with van der Waals surface area (Å²) < 4.78 is 31.3. The number of hydrogen-bond acceptors (Lipinski definition) is 4. The molecule has 0 spiro atoms. The summed E-state index contributed by atoms with van der Waals surface area (Å²) >= 11 is 0. The van der Waals surface area contributed by atoms with Gasteiger partial charge >= 0.3 is 0 Å². The third-order valence-electron chi connectivity index (χ3n) is 2.22. The van der Waals surface area contributed by atoms with Gasteiger partial charge in [0.1, 0.15) is 0 Å². The molecule has 5 nitrogen and oxygen atoms in total. The number of primary amides is 1. The molecule has 0 aliphatic carbocycles. The van der Waals surface area contributed by atoms with E-state index < -0.39 is 36.0 Å². The van der Waals surface area contributed by atoms with Crippen molar-refractivity contribution in [3.8, 4) is 5.75 Å². The lowest BCUT2D eigenvalue weighted by Gasteiger charge is -2.12. The van der Waals surface area contributed by atoms with Crippen LogP contribution < -0.4 is 10.5 Å². The minimum atomic E-state index is -1.32. The fourth-order valence-corrected chi connectivity index (χ4v) is 1.26. The number of aliphatic hydroxyl groups is 2. The van der Waals surface area contributed by atoms with E-state index in [-0.39, 0.29) is 18.6 Å². The molecule has 4 N–H and O–H groups in total. The molecule has 7 heteroatoms. The topological polar surface area (TPSA) is 92.8 Å². The standard InChI is InChI=1S/C11H13F2NO4/c12-8-2-1-7(11(14)17)10(9(8)13)18-4-3-6(16)5-15/h1-2,6,15-16H,3-5H2,(H2,14,17). The number of rotatable bonds is 6. The summed E-state index contributed by atoms with van der Waals surface area (Å²) in [6.07, 6.45) is -1.02. The summed E-state index contributed by atoms with van der Waals surface area (Å²) in [5.41, 5.74) is 4.71. The Morgan fingerprint density at radius 3 is 2.67 bits per heavy atom. The summed E-state index contributed by atoms with van der Waals surface area (Å²) in [5, 5.41) is 17.6. The molecule has 0 fully saturated rings. The van der Waals surface area contributed by atoms with Crippen LogP contribution >= 0.6 is 0 Å². The molecule has 1 amide bonds. The third-order valence-corrected chi connectivity index (χ3v) is 2.22. The monoisotopic (exact) mass is 261 g/mol. The molecule has 0 aromatic heterocycles. The van der Waals surface area contributed by atoms with Crippen molar-refractivity contribution in [1.29, 1.82) is 0 Å². The molecule has 1 unspecified atom stereocenters. The molecule has 18 heavy (non-hydrogen) atoms. The fraction of sp³-hybridized carbons (Fsp3) is 0.364. The lowest BCUT2D eigenvalue weighted by atomic mass is 10.1. The van der Waals surface area contributed by atoms with Crippen molar-refractivity contribution in [3.63, 3.8) is 0 Å². The summed E-state index contributed by atoms with van der Waals surface area (Å²) in [4.78, 5) is 11.0. The number of carbonyl (C=O) groups is 1. The Balaban J connectivity index is 2.85. The van der Waals surface area contributed by atoms with E-state index in [1.54, 1.807) is 0 Å². The normalized spacial score (nSPS) is 12.2. The number of benzene rings is 1.